The van der Waals surface area contributed by atoms with Gasteiger partial charge in [0, 0.05) is 19.3 Å². The lowest BCUT2D eigenvalue weighted by atomic mass is 10.1. The minimum atomic E-state index is -0.804. The maximum atomic E-state index is 12.7. The van der Waals surface area contributed by atoms with Gasteiger partial charge >= 0.3 is 17.9 Å². The fourth-order valence-corrected chi connectivity index (χ4v) is 6.16. The van der Waals surface area contributed by atoms with E-state index in [0.717, 1.165) is 89.9 Å². The summed E-state index contributed by atoms with van der Waals surface area (Å²) in [6, 6.07) is 0. The maximum absolute atomic E-state index is 12.7. The highest BCUT2D eigenvalue weighted by Crippen LogP contribution is 2.13. The Balaban J connectivity index is 4.49. The van der Waals surface area contributed by atoms with E-state index in [-0.39, 0.29) is 37.5 Å². The third-order valence-corrected chi connectivity index (χ3v) is 9.70. The van der Waals surface area contributed by atoms with E-state index in [2.05, 4.69) is 93.7 Å². The zero-order chi connectivity index (χ0) is 41.5. The van der Waals surface area contributed by atoms with Crippen LogP contribution in [-0.4, -0.2) is 37.2 Å². The van der Waals surface area contributed by atoms with E-state index in [4.69, 9.17) is 14.2 Å². The topological polar surface area (TPSA) is 78.9 Å². The van der Waals surface area contributed by atoms with Crippen LogP contribution in [0.5, 0.6) is 0 Å². The molecule has 0 heterocycles. The van der Waals surface area contributed by atoms with E-state index in [0.29, 0.717) is 19.3 Å². The summed E-state index contributed by atoms with van der Waals surface area (Å²) in [6.45, 7) is 6.41. The van der Waals surface area contributed by atoms with Crippen molar-refractivity contribution < 1.29 is 28.6 Å². The molecule has 0 aliphatic heterocycles. The molecule has 0 rings (SSSR count). The van der Waals surface area contributed by atoms with Crippen LogP contribution in [0.15, 0.2) is 72.9 Å². The van der Waals surface area contributed by atoms with Crippen molar-refractivity contribution in [2.24, 2.45) is 0 Å². The molecule has 0 N–H and O–H groups in total. The summed E-state index contributed by atoms with van der Waals surface area (Å²) in [7, 11) is 0. The molecule has 0 amide bonds. The molecule has 0 aromatic carbocycles. The second-order valence-electron chi connectivity index (χ2n) is 15.3. The Morgan fingerprint density at radius 1 is 0.368 bits per heavy atom. The molecule has 326 valence electrons. The number of esters is 3. The molecule has 0 unspecified atom stereocenters. The Labute approximate surface area is 351 Å². The summed E-state index contributed by atoms with van der Waals surface area (Å²) >= 11 is 0. The van der Waals surface area contributed by atoms with E-state index in [9.17, 15) is 14.4 Å². The number of allylic oxidation sites excluding steroid dienone is 12. The average molecular weight is 795 g/mol. The Morgan fingerprint density at radius 3 is 1.19 bits per heavy atom. The van der Waals surface area contributed by atoms with Crippen LogP contribution < -0.4 is 0 Å². The molecular formula is C51H86O6. The number of unbranched alkanes of at least 4 members (excludes halogenated alkanes) is 18. The van der Waals surface area contributed by atoms with Gasteiger partial charge in [0.2, 0.25) is 0 Å². The second kappa shape index (κ2) is 45.6. The van der Waals surface area contributed by atoms with Crippen LogP contribution in [0.25, 0.3) is 0 Å². The van der Waals surface area contributed by atoms with Crippen molar-refractivity contribution >= 4 is 17.9 Å². The number of hydrogen-bond acceptors (Lipinski definition) is 6. The van der Waals surface area contributed by atoms with Gasteiger partial charge in [-0.05, 0) is 77.0 Å². The summed E-state index contributed by atoms with van der Waals surface area (Å²) in [5.41, 5.74) is 0. The normalized spacial score (nSPS) is 12.7. The summed E-state index contributed by atoms with van der Waals surface area (Å²) < 4.78 is 16.7. The van der Waals surface area contributed by atoms with E-state index in [1.165, 1.54) is 77.0 Å². The first-order valence-corrected chi connectivity index (χ1v) is 23.4. The van der Waals surface area contributed by atoms with Crippen molar-refractivity contribution in [3.05, 3.63) is 72.9 Å². The van der Waals surface area contributed by atoms with E-state index < -0.39 is 6.10 Å². The highest BCUT2D eigenvalue weighted by molar-refractivity contribution is 5.71. The first-order valence-electron chi connectivity index (χ1n) is 23.4. The van der Waals surface area contributed by atoms with Crippen molar-refractivity contribution in [2.75, 3.05) is 13.2 Å². The molecule has 0 aliphatic carbocycles. The summed E-state index contributed by atoms with van der Waals surface area (Å²) in [5, 5.41) is 0. The van der Waals surface area contributed by atoms with Crippen molar-refractivity contribution in [1.82, 2.24) is 0 Å². The van der Waals surface area contributed by atoms with Gasteiger partial charge in [-0.3, -0.25) is 14.4 Å². The van der Waals surface area contributed by atoms with E-state index in [1.54, 1.807) is 0 Å². The van der Waals surface area contributed by atoms with Gasteiger partial charge in [0.1, 0.15) is 13.2 Å². The van der Waals surface area contributed by atoms with Crippen molar-refractivity contribution in [1.29, 1.82) is 0 Å². The van der Waals surface area contributed by atoms with Crippen molar-refractivity contribution in [2.45, 2.75) is 219 Å². The van der Waals surface area contributed by atoms with Crippen LogP contribution in [0, 0.1) is 0 Å². The van der Waals surface area contributed by atoms with Gasteiger partial charge in [-0.15, -0.1) is 0 Å². The Morgan fingerprint density at radius 2 is 0.719 bits per heavy atom. The lowest BCUT2D eigenvalue weighted by Crippen LogP contribution is -2.30. The molecule has 57 heavy (non-hydrogen) atoms. The molecule has 1 atom stereocenters. The molecule has 0 fully saturated rings. The van der Waals surface area contributed by atoms with Gasteiger partial charge in [0.05, 0.1) is 0 Å². The lowest BCUT2D eigenvalue weighted by molar-refractivity contribution is -0.167. The maximum Gasteiger partial charge on any atom is 0.306 e. The monoisotopic (exact) mass is 795 g/mol. The van der Waals surface area contributed by atoms with E-state index >= 15 is 0 Å². The Bertz CT molecular complexity index is 1100. The second-order valence-corrected chi connectivity index (χ2v) is 15.3. The number of carbonyl (C=O) groups excluding carboxylic acids is 3. The Kier molecular flexibility index (Phi) is 43.0. The summed E-state index contributed by atoms with van der Waals surface area (Å²) in [4.78, 5) is 37.7. The summed E-state index contributed by atoms with van der Waals surface area (Å²) in [5.74, 6) is -0.973. The SMILES string of the molecule is CC/C=C\C/C=C\C/C=C\C/C=C\C/C=C\CCCC(=O)O[C@H](COC(=O)CCCCCCC/C=C\CCCC)COC(=O)CCCCCCCCCCCCC. The molecule has 0 radical (unpaired) electrons. The quantitative estimate of drug-likeness (QED) is 0.0265. The van der Waals surface area contributed by atoms with Gasteiger partial charge in [0.15, 0.2) is 6.10 Å². The van der Waals surface area contributed by atoms with Gasteiger partial charge in [-0.1, -0.05) is 190 Å². The van der Waals surface area contributed by atoms with Crippen LogP contribution in [0.2, 0.25) is 0 Å². The number of hydrogen-bond donors (Lipinski definition) is 0. The van der Waals surface area contributed by atoms with Crippen molar-refractivity contribution in [3.63, 3.8) is 0 Å². The highest BCUT2D eigenvalue weighted by Gasteiger charge is 2.19. The standard InChI is InChI=1S/C51H86O6/c1-4-7-10-13-16-19-22-23-24-25-26-27-30-33-36-39-42-45-51(54)57-48(46-55-49(52)43-40-37-34-31-28-20-17-14-11-8-5-2)47-56-50(53)44-41-38-35-32-29-21-18-15-12-9-6-3/h7,10,14,16-17,19,23-24,26-27,33,36,48H,4-6,8-9,11-13,15,18,20-22,25,28-32,34-35,37-47H2,1-3H3/b10-7-,17-14-,19-16-,24-23-,27-26-,36-33-/t48-/m1/s1. The molecule has 0 saturated heterocycles. The van der Waals surface area contributed by atoms with Gasteiger partial charge < -0.3 is 14.2 Å². The fourth-order valence-electron chi connectivity index (χ4n) is 6.16. The first-order chi connectivity index (χ1) is 28.0. The summed E-state index contributed by atoms with van der Waals surface area (Å²) in [6.07, 6.45) is 56.0. The minimum absolute atomic E-state index is 0.0997. The third-order valence-electron chi connectivity index (χ3n) is 9.70. The van der Waals surface area contributed by atoms with Crippen LogP contribution in [0.1, 0.15) is 213 Å². The number of ether oxygens (including phenoxy) is 3. The fraction of sp³-hybridized carbons (Fsp3) is 0.706. The molecule has 0 spiro atoms. The zero-order valence-corrected chi connectivity index (χ0v) is 37.1. The molecule has 0 aromatic rings. The smallest absolute Gasteiger partial charge is 0.306 e. The Hall–Kier alpha value is -3.15. The molecule has 0 saturated carbocycles. The molecule has 0 aliphatic rings. The minimum Gasteiger partial charge on any atom is -0.462 e. The van der Waals surface area contributed by atoms with E-state index in [1.807, 2.05) is 0 Å². The molecule has 6 nitrogen and oxygen atoms in total. The van der Waals surface area contributed by atoms with Gasteiger partial charge in [-0.25, -0.2) is 0 Å². The highest BCUT2D eigenvalue weighted by atomic mass is 16.6. The largest absolute Gasteiger partial charge is 0.462 e. The van der Waals surface area contributed by atoms with Crippen LogP contribution in [0.4, 0.5) is 0 Å². The van der Waals surface area contributed by atoms with Gasteiger partial charge in [0.25, 0.3) is 0 Å². The third kappa shape index (κ3) is 43.8. The van der Waals surface area contributed by atoms with Crippen LogP contribution in [0.3, 0.4) is 0 Å². The number of rotatable bonds is 41. The average Bonchev–Trinajstić information content (AvgIpc) is 3.21. The molecule has 6 heteroatoms. The first kappa shape index (κ1) is 53.9. The predicted molar refractivity (Wildman–Crippen MR) is 242 cm³/mol. The van der Waals surface area contributed by atoms with Crippen LogP contribution >= 0.6 is 0 Å². The molecular weight excluding hydrogens is 709 g/mol. The molecule has 0 aromatic heterocycles. The van der Waals surface area contributed by atoms with Gasteiger partial charge in [-0.2, -0.15) is 0 Å². The van der Waals surface area contributed by atoms with Crippen molar-refractivity contribution in [3.8, 4) is 0 Å². The molecule has 0 bridgehead atoms. The number of carbonyl (C=O) groups is 3. The van der Waals surface area contributed by atoms with Crippen LogP contribution in [-0.2, 0) is 28.6 Å². The predicted octanol–water partition coefficient (Wildman–Crippen LogP) is 15.1. The zero-order valence-electron chi connectivity index (χ0n) is 37.1. The lowest BCUT2D eigenvalue weighted by Gasteiger charge is -2.18.